The maximum atomic E-state index is 12.4. The van der Waals surface area contributed by atoms with Gasteiger partial charge in [-0.1, -0.05) is 18.1 Å². The molecule has 0 radical (unpaired) electrons. The molecule has 0 aromatic heterocycles. The standard InChI is InChI=1S/C19H17NO5/c1-5-12-7-6-8-13(9-12)16-15(18(22)24-3)11(2)20-14(10-21)17(16)19(23)25-4/h1,6-10,15-16H,2-4H3. The van der Waals surface area contributed by atoms with Gasteiger partial charge in [0.25, 0.3) is 0 Å². The van der Waals surface area contributed by atoms with Crippen molar-refractivity contribution in [3.63, 3.8) is 0 Å². The van der Waals surface area contributed by atoms with Crippen molar-refractivity contribution in [3.05, 3.63) is 46.7 Å². The van der Waals surface area contributed by atoms with Gasteiger partial charge in [0.1, 0.15) is 11.6 Å². The number of rotatable bonds is 4. The number of carbonyl (C=O) groups is 3. The Hall–Kier alpha value is -3.20. The zero-order valence-electron chi connectivity index (χ0n) is 14.1. The second kappa shape index (κ2) is 7.58. The number of benzene rings is 1. The number of esters is 2. The van der Waals surface area contributed by atoms with Crippen LogP contribution in [0.1, 0.15) is 24.0 Å². The van der Waals surface area contributed by atoms with E-state index in [4.69, 9.17) is 15.9 Å². The Morgan fingerprint density at radius 2 is 2.00 bits per heavy atom. The molecule has 0 N–H and O–H groups in total. The molecule has 6 heteroatoms. The highest BCUT2D eigenvalue weighted by atomic mass is 16.5. The predicted octanol–water partition coefficient (Wildman–Crippen LogP) is 1.64. The number of aliphatic imine (C=N–C) groups is 1. The fourth-order valence-electron chi connectivity index (χ4n) is 2.93. The third-order valence-corrected chi connectivity index (χ3v) is 4.05. The van der Waals surface area contributed by atoms with E-state index in [2.05, 4.69) is 10.9 Å². The summed E-state index contributed by atoms with van der Waals surface area (Å²) in [5.41, 5.74) is 1.49. The highest BCUT2D eigenvalue weighted by Crippen LogP contribution is 2.39. The lowest BCUT2D eigenvalue weighted by atomic mass is 9.75. The lowest BCUT2D eigenvalue weighted by Crippen LogP contribution is -2.36. The van der Waals surface area contributed by atoms with Gasteiger partial charge >= 0.3 is 11.9 Å². The van der Waals surface area contributed by atoms with Crippen LogP contribution in [0.3, 0.4) is 0 Å². The van der Waals surface area contributed by atoms with Crippen LogP contribution in [0.4, 0.5) is 0 Å². The van der Waals surface area contributed by atoms with Crippen molar-refractivity contribution in [2.75, 3.05) is 14.2 Å². The van der Waals surface area contributed by atoms with Gasteiger partial charge < -0.3 is 9.47 Å². The van der Waals surface area contributed by atoms with Crippen LogP contribution in [0.2, 0.25) is 0 Å². The molecule has 1 aliphatic heterocycles. The minimum atomic E-state index is -0.865. The molecule has 6 nitrogen and oxygen atoms in total. The van der Waals surface area contributed by atoms with Crippen molar-refractivity contribution in [1.29, 1.82) is 0 Å². The second-order valence-electron chi connectivity index (χ2n) is 5.41. The van der Waals surface area contributed by atoms with Gasteiger partial charge in [0.15, 0.2) is 6.29 Å². The zero-order valence-corrected chi connectivity index (χ0v) is 14.1. The van der Waals surface area contributed by atoms with E-state index in [-0.39, 0.29) is 11.3 Å². The number of methoxy groups -OCH3 is 2. The van der Waals surface area contributed by atoms with Crippen LogP contribution >= 0.6 is 0 Å². The van der Waals surface area contributed by atoms with Gasteiger partial charge in [0.05, 0.1) is 19.8 Å². The molecule has 0 fully saturated rings. The Bertz CT molecular complexity index is 828. The number of aldehydes is 1. The molecule has 2 unspecified atom stereocenters. The SMILES string of the molecule is C#Cc1cccc(C2C(C(=O)OC)=C(C=O)N=C(C)C2C(=O)OC)c1. The average Bonchev–Trinajstić information content (AvgIpc) is 2.65. The topological polar surface area (TPSA) is 82.0 Å². The number of hydrogen-bond acceptors (Lipinski definition) is 6. The summed E-state index contributed by atoms with van der Waals surface area (Å²) in [4.78, 5) is 40.3. The number of hydrogen-bond donors (Lipinski definition) is 0. The largest absolute Gasteiger partial charge is 0.468 e. The lowest BCUT2D eigenvalue weighted by molar-refractivity contribution is -0.143. The molecule has 2 rings (SSSR count). The monoisotopic (exact) mass is 339 g/mol. The molecule has 25 heavy (non-hydrogen) atoms. The summed E-state index contributed by atoms with van der Waals surface area (Å²) in [6, 6.07) is 6.86. The Kier molecular flexibility index (Phi) is 5.50. The molecule has 1 heterocycles. The fourth-order valence-corrected chi connectivity index (χ4v) is 2.93. The minimum Gasteiger partial charge on any atom is -0.468 e. The van der Waals surface area contributed by atoms with Crippen molar-refractivity contribution < 1.29 is 23.9 Å². The van der Waals surface area contributed by atoms with Crippen LogP contribution in [0.15, 0.2) is 40.5 Å². The molecule has 0 bridgehead atoms. The quantitative estimate of drug-likeness (QED) is 0.473. The first-order valence-electron chi connectivity index (χ1n) is 7.45. The van der Waals surface area contributed by atoms with E-state index >= 15 is 0 Å². The van der Waals surface area contributed by atoms with Crippen molar-refractivity contribution in [2.24, 2.45) is 10.9 Å². The van der Waals surface area contributed by atoms with Gasteiger partial charge in [0.2, 0.25) is 0 Å². The molecule has 1 aliphatic rings. The van der Waals surface area contributed by atoms with E-state index in [9.17, 15) is 14.4 Å². The minimum absolute atomic E-state index is 0.00710. The van der Waals surface area contributed by atoms with E-state index < -0.39 is 23.8 Å². The first-order valence-corrected chi connectivity index (χ1v) is 7.45. The lowest BCUT2D eigenvalue weighted by Gasteiger charge is -2.30. The normalized spacial score (nSPS) is 19.5. The molecule has 0 spiro atoms. The third kappa shape index (κ3) is 3.36. The number of ether oxygens (including phenoxy) is 2. The third-order valence-electron chi connectivity index (χ3n) is 4.05. The van der Waals surface area contributed by atoms with Crippen LogP contribution in [0.25, 0.3) is 0 Å². The zero-order chi connectivity index (χ0) is 18.6. The molecule has 0 saturated carbocycles. The highest BCUT2D eigenvalue weighted by molar-refractivity contribution is 6.09. The molecular weight excluding hydrogens is 322 g/mol. The van der Waals surface area contributed by atoms with Crippen molar-refractivity contribution >= 4 is 23.9 Å². The molecule has 128 valence electrons. The van der Waals surface area contributed by atoms with Gasteiger partial charge in [0, 0.05) is 17.2 Å². The summed E-state index contributed by atoms with van der Waals surface area (Å²) < 4.78 is 9.69. The smallest absolute Gasteiger partial charge is 0.336 e. The summed E-state index contributed by atoms with van der Waals surface area (Å²) >= 11 is 0. The van der Waals surface area contributed by atoms with Crippen molar-refractivity contribution in [2.45, 2.75) is 12.8 Å². The van der Waals surface area contributed by atoms with Crippen molar-refractivity contribution in [3.8, 4) is 12.3 Å². The van der Waals surface area contributed by atoms with E-state index in [1.807, 2.05) is 0 Å². The van der Waals surface area contributed by atoms with Crippen molar-refractivity contribution in [1.82, 2.24) is 0 Å². The van der Waals surface area contributed by atoms with Crippen LogP contribution < -0.4 is 0 Å². The van der Waals surface area contributed by atoms with Crippen LogP contribution in [0, 0.1) is 18.3 Å². The van der Waals surface area contributed by atoms with E-state index in [1.165, 1.54) is 14.2 Å². The predicted molar refractivity (Wildman–Crippen MR) is 90.8 cm³/mol. The Morgan fingerprint density at radius 1 is 1.28 bits per heavy atom. The van der Waals surface area contributed by atoms with E-state index in [0.29, 0.717) is 23.1 Å². The van der Waals surface area contributed by atoms with E-state index in [0.717, 1.165) is 0 Å². The Labute approximate surface area is 145 Å². The van der Waals surface area contributed by atoms with Gasteiger partial charge in [-0.2, -0.15) is 0 Å². The summed E-state index contributed by atoms with van der Waals surface area (Å²) in [7, 11) is 2.45. The summed E-state index contributed by atoms with van der Waals surface area (Å²) in [6.07, 6.45) is 5.92. The van der Waals surface area contributed by atoms with Gasteiger partial charge in [-0.15, -0.1) is 6.42 Å². The van der Waals surface area contributed by atoms with Gasteiger partial charge in [-0.25, -0.2) is 4.79 Å². The Balaban J connectivity index is 2.76. The molecule has 0 saturated heterocycles. The summed E-state index contributed by atoms with van der Waals surface area (Å²) in [6.45, 7) is 1.61. The summed E-state index contributed by atoms with van der Waals surface area (Å²) in [5, 5.41) is 0. The molecule has 1 aromatic carbocycles. The van der Waals surface area contributed by atoms with Gasteiger partial charge in [-0.3, -0.25) is 14.6 Å². The number of allylic oxidation sites excluding steroid dienone is 1. The summed E-state index contributed by atoms with van der Waals surface area (Å²) in [5.74, 6) is -0.439. The molecule has 1 aromatic rings. The van der Waals surface area contributed by atoms with Crippen LogP contribution in [-0.4, -0.2) is 38.2 Å². The van der Waals surface area contributed by atoms with Gasteiger partial charge in [-0.05, 0) is 24.6 Å². The average molecular weight is 339 g/mol. The molecule has 0 amide bonds. The highest BCUT2D eigenvalue weighted by Gasteiger charge is 2.42. The number of nitrogens with zero attached hydrogens (tertiary/aromatic N) is 1. The van der Waals surface area contributed by atoms with Crippen LogP contribution in [-0.2, 0) is 23.9 Å². The fraction of sp³-hybridized carbons (Fsp3) is 0.263. The van der Waals surface area contributed by atoms with Crippen LogP contribution in [0.5, 0.6) is 0 Å². The number of terminal acetylenes is 1. The molecule has 2 atom stereocenters. The molecular formula is C19H17NO5. The second-order valence-corrected chi connectivity index (χ2v) is 5.41. The maximum Gasteiger partial charge on any atom is 0.336 e. The number of carbonyl (C=O) groups excluding carboxylic acids is 3. The first-order chi connectivity index (χ1) is 12.0. The first kappa shape index (κ1) is 18.1. The Morgan fingerprint density at radius 3 is 2.56 bits per heavy atom. The van der Waals surface area contributed by atoms with E-state index in [1.54, 1.807) is 31.2 Å². The molecule has 0 aliphatic carbocycles. The maximum absolute atomic E-state index is 12.4.